The van der Waals surface area contributed by atoms with E-state index in [9.17, 15) is 13.2 Å². The molecule has 0 radical (unpaired) electrons. The number of fused-ring (bicyclic) bond motifs is 3. The van der Waals surface area contributed by atoms with Gasteiger partial charge in [0.2, 0.25) is 15.9 Å². The minimum absolute atomic E-state index is 0.00498. The molecule has 2 fully saturated rings. The fraction of sp³-hybridized carbons (Fsp3) is 0.650. The first-order valence-corrected chi connectivity index (χ1v) is 11.0. The summed E-state index contributed by atoms with van der Waals surface area (Å²) in [6.07, 6.45) is 3.90. The number of carbonyl (C=O) groups is 1. The molecule has 2 aliphatic carbocycles. The second-order valence-corrected chi connectivity index (χ2v) is 10.7. The van der Waals surface area contributed by atoms with E-state index in [1.807, 2.05) is 0 Å². The van der Waals surface area contributed by atoms with Gasteiger partial charge in [-0.1, -0.05) is 20.8 Å². The summed E-state index contributed by atoms with van der Waals surface area (Å²) in [5, 5.41) is 0. The van der Waals surface area contributed by atoms with Gasteiger partial charge >= 0.3 is 0 Å². The minimum atomic E-state index is -3.57. The highest BCUT2D eigenvalue weighted by Gasteiger charge is 2.61. The largest absolute Gasteiger partial charge is 0.312 e. The third kappa shape index (κ3) is 2.38. The fourth-order valence-electron chi connectivity index (χ4n) is 5.51. The normalized spacial score (nSPS) is 32.1. The number of hydrogen-bond donors (Lipinski definition) is 1. The van der Waals surface area contributed by atoms with Gasteiger partial charge in [-0.05, 0) is 66.2 Å². The van der Waals surface area contributed by atoms with Crippen molar-refractivity contribution in [2.24, 2.45) is 16.7 Å². The summed E-state index contributed by atoms with van der Waals surface area (Å²) >= 11 is 0. The van der Waals surface area contributed by atoms with E-state index in [1.54, 1.807) is 30.0 Å². The molecule has 1 aromatic rings. The minimum Gasteiger partial charge on any atom is -0.312 e. The molecule has 1 amide bonds. The zero-order valence-corrected chi connectivity index (χ0v) is 16.8. The van der Waals surface area contributed by atoms with Crippen LogP contribution in [0.4, 0.5) is 5.69 Å². The Morgan fingerprint density at radius 2 is 2.00 bits per heavy atom. The van der Waals surface area contributed by atoms with Gasteiger partial charge in [-0.15, -0.1) is 0 Å². The number of nitrogens with one attached hydrogen (secondary N) is 1. The highest BCUT2D eigenvalue weighted by Crippen LogP contribution is 2.65. The highest BCUT2D eigenvalue weighted by molar-refractivity contribution is 7.89. The van der Waals surface area contributed by atoms with E-state index >= 15 is 0 Å². The van der Waals surface area contributed by atoms with Gasteiger partial charge in [0, 0.05) is 25.2 Å². The molecule has 142 valence electrons. The molecule has 6 heteroatoms. The van der Waals surface area contributed by atoms with Crippen molar-refractivity contribution in [1.82, 2.24) is 4.72 Å². The van der Waals surface area contributed by atoms with Crippen LogP contribution in [0.1, 0.15) is 52.5 Å². The van der Waals surface area contributed by atoms with Crippen LogP contribution in [-0.4, -0.2) is 26.9 Å². The van der Waals surface area contributed by atoms with Gasteiger partial charge < -0.3 is 4.90 Å². The molecule has 4 rings (SSSR count). The lowest BCUT2D eigenvalue weighted by Crippen LogP contribution is -2.46. The number of hydrogen-bond acceptors (Lipinski definition) is 3. The second kappa shape index (κ2) is 5.55. The Hall–Kier alpha value is -1.40. The van der Waals surface area contributed by atoms with Gasteiger partial charge in [0.15, 0.2) is 0 Å². The van der Waals surface area contributed by atoms with Crippen LogP contribution in [0.5, 0.6) is 0 Å². The molecule has 5 nitrogen and oxygen atoms in total. The molecule has 2 bridgehead atoms. The molecule has 26 heavy (non-hydrogen) atoms. The maximum absolute atomic E-state index is 13.0. The van der Waals surface area contributed by atoms with E-state index in [2.05, 4.69) is 25.5 Å². The number of nitrogens with zero attached hydrogens (tertiary/aromatic N) is 1. The molecule has 0 spiro atoms. The van der Waals surface area contributed by atoms with Crippen LogP contribution >= 0.6 is 0 Å². The predicted molar refractivity (Wildman–Crippen MR) is 102 cm³/mol. The SMILES string of the molecule is CC(=O)N1CCc2cc(S(=O)(=O)NC3CC4CCC3(C)C4(C)C)ccc21. The number of rotatable bonds is 3. The first-order valence-electron chi connectivity index (χ1n) is 9.50. The third-order valence-corrected chi connectivity index (χ3v) is 9.20. The fourth-order valence-corrected chi connectivity index (χ4v) is 6.92. The third-order valence-electron chi connectivity index (χ3n) is 7.73. The Labute approximate surface area is 156 Å². The molecule has 0 aromatic heterocycles. The van der Waals surface area contributed by atoms with E-state index in [1.165, 1.54) is 6.42 Å². The monoisotopic (exact) mass is 376 g/mol. The van der Waals surface area contributed by atoms with Gasteiger partial charge in [0.25, 0.3) is 0 Å². The summed E-state index contributed by atoms with van der Waals surface area (Å²) in [6, 6.07) is 5.12. The first-order chi connectivity index (χ1) is 12.1. The molecule has 2 saturated carbocycles. The molecule has 3 unspecified atom stereocenters. The van der Waals surface area contributed by atoms with Crippen molar-refractivity contribution in [3.8, 4) is 0 Å². The number of carbonyl (C=O) groups excluding carboxylic acids is 1. The maximum atomic E-state index is 13.0. The van der Waals surface area contributed by atoms with E-state index in [-0.39, 0.29) is 22.8 Å². The summed E-state index contributed by atoms with van der Waals surface area (Å²) in [5.41, 5.74) is 1.94. The quantitative estimate of drug-likeness (QED) is 0.881. The van der Waals surface area contributed by atoms with Crippen molar-refractivity contribution in [2.45, 2.75) is 64.3 Å². The van der Waals surface area contributed by atoms with E-state index in [0.29, 0.717) is 23.8 Å². The molecule has 1 heterocycles. The second-order valence-electron chi connectivity index (χ2n) is 9.00. The molecule has 3 atom stereocenters. The number of amides is 1. The topological polar surface area (TPSA) is 66.5 Å². The van der Waals surface area contributed by atoms with Gasteiger partial charge in [-0.2, -0.15) is 0 Å². The summed E-state index contributed by atoms with van der Waals surface area (Å²) < 4.78 is 29.1. The Bertz CT molecular complexity index is 877. The van der Waals surface area contributed by atoms with Gasteiger partial charge in [0.1, 0.15) is 0 Å². The van der Waals surface area contributed by atoms with E-state index < -0.39 is 10.0 Å². The van der Waals surface area contributed by atoms with Crippen molar-refractivity contribution in [3.63, 3.8) is 0 Å². The molecular weight excluding hydrogens is 348 g/mol. The highest BCUT2D eigenvalue weighted by atomic mass is 32.2. The molecule has 1 aromatic carbocycles. The van der Waals surface area contributed by atoms with E-state index in [4.69, 9.17) is 0 Å². The summed E-state index contributed by atoms with van der Waals surface area (Å²) in [4.78, 5) is 13.7. The lowest BCUT2D eigenvalue weighted by atomic mass is 9.69. The van der Waals surface area contributed by atoms with Crippen LogP contribution in [0.15, 0.2) is 23.1 Å². The lowest BCUT2D eigenvalue weighted by Gasteiger charge is -2.39. The molecular formula is C20H28N2O3S. The zero-order valence-electron chi connectivity index (χ0n) is 16.0. The Morgan fingerprint density at radius 1 is 1.27 bits per heavy atom. The lowest BCUT2D eigenvalue weighted by molar-refractivity contribution is -0.116. The summed E-state index contributed by atoms with van der Waals surface area (Å²) in [5.74, 6) is 0.582. The van der Waals surface area contributed by atoms with Crippen molar-refractivity contribution in [3.05, 3.63) is 23.8 Å². The first kappa shape index (κ1) is 18.0. The van der Waals surface area contributed by atoms with Crippen LogP contribution in [0.25, 0.3) is 0 Å². The van der Waals surface area contributed by atoms with Crippen LogP contribution in [0, 0.1) is 16.7 Å². The average Bonchev–Trinajstić information content (AvgIpc) is 3.13. The molecule has 1 aliphatic heterocycles. The number of anilines is 1. The van der Waals surface area contributed by atoms with Crippen LogP contribution in [0.3, 0.4) is 0 Å². The Kier molecular flexibility index (Phi) is 3.84. The van der Waals surface area contributed by atoms with Crippen molar-refractivity contribution in [2.75, 3.05) is 11.4 Å². The van der Waals surface area contributed by atoms with Crippen molar-refractivity contribution in [1.29, 1.82) is 0 Å². The van der Waals surface area contributed by atoms with Crippen LogP contribution < -0.4 is 9.62 Å². The van der Waals surface area contributed by atoms with Crippen molar-refractivity contribution >= 4 is 21.6 Å². The molecule has 3 aliphatic rings. The maximum Gasteiger partial charge on any atom is 0.240 e. The van der Waals surface area contributed by atoms with Crippen LogP contribution in [-0.2, 0) is 21.2 Å². The Balaban J connectivity index is 1.60. The predicted octanol–water partition coefficient (Wildman–Crippen LogP) is 3.09. The van der Waals surface area contributed by atoms with Gasteiger partial charge in [-0.3, -0.25) is 4.79 Å². The molecule has 0 saturated heterocycles. The zero-order chi connectivity index (χ0) is 18.9. The van der Waals surface area contributed by atoms with Crippen LogP contribution in [0.2, 0.25) is 0 Å². The Morgan fingerprint density at radius 3 is 2.58 bits per heavy atom. The summed E-state index contributed by atoms with van der Waals surface area (Å²) in [6.45, 7) is 8.97. The standard InChI is InChI=1S/C20H28N2O3S/c1-13(23)22-10-8-14-11-16(5-6-17(14)22)26(24,25)21-18-12-15-7-9-20(18,4)19(15,2)3/h5-6,11,15,18,21H,7-10,12H2,1-4H3. The number of benzene rings is 1. The summed E-state index contributed by atoms with van der Waals surface area (Å²) in [7, 11) is -3.57. The van der Waals surface area contributed by atoms with Gasteiger partial charge in [0.05, 0.1) is 4.90 Å². The average molecular weight is 377 g/mol. The number of sulfonamides is 1. The smallest absolute Gasteiger partial charge is 0.240 e. The van der Waals surface area contributed by atoms with E-state index in [0.717, 1.165) is 24.1 Å². The van der Waals surface area contributed by atoms with Gasteiger partial charge in [-0.25, -0.2) is 13.1 Å². The molecule has 1 N–H and O–H groups in total. The van der Waals surface area contributed by atoms with Crippen molar-refractivity contribution < 1.29 is 13.2 Å².